The van der Waals surface area contributed by atoms with Crippen molar-refractivity contribution in [2.24, 2.45) is 0 Å². The second-order valence-electron chi connectivity index (χ2n) is 6.52. The van der Waals surface area contributed by atoms with Crippen LogP contribution in [-0.4, -0.2) is 60.4 Å². The minimum absolute atomic E-state index is 0.0154. The zero-order chi connectivity index (χ0) is 20.9. The number of sulfonamides is 1. The fourth-order valence-corrected chi connectivity index (χ4v) is 5.36. The lowest BCUT2D eigenvalue weighted by molar-refractivity contribution is -0.385. The van der Waals surface area contributed by atoms with Crippen molar-refractivity contribution in [3.63, 3.8) is 0 Å². The van der Waals surface area contributed by atoms with Crippen molar-refractivity contribution in [1.82, 2.24) is 9.21 Å². The molecule has 1 aliphatic rings. The van der Waals surface area contributed by atoms with Crippen LogP contribution in [0, 0.1) is 10.1 Å². The topological polar surface area (TPSA) is 101 Å². The molecule has 0 N–H and O–H groups in total. The van der Waals surface area contributed by atoms with Gasteiger partial charge in [-0.3, -0.25) is 14.9 Å². The van der Waals surface area contributed by atoms with Gasteiger partial charge >= 0.3 is 0 Å². The van der Waals surface area contributed by atoms with Gasteiger partial charge in [0.2, 0.25) is 15.9 Å². The maximum Gasteiger partial charge on any atom is 0.270 e. The smallest absolute Gasteiger partial charge is 0.270 e. The minimum Gasteiger partial charge on any atom is -0.339 e. The Morgan fingerprint density at radius 2 is 1.72 bits per heavy atom. The Labute approximate surface area is 173 Å². The summed E-state index contributed by atoms with van der Waals surface area (Å²) < 4.78 is 26.8. The van der Waals surface area contributed by atoms with E-state index in [4.69, 9.17) is 0 Å². The highest BCUT2D eigenvalue weighted by Crippen LogP contribution is 2.22. The molecule has 0 bridgehead atoms. The molecule has 1 fully saturated rings. The van der Waals surface area contributed by atoms with Crippen molar-refractivity contribution in [2.45, 2.75) is 10.6 Å². The molecule has 0 atom stereocenters. The molecule has 0 aromatic heterocycles. The Morgan fingerprint density at radius 1 is 1.03 bits per heavy atom. The zero-order valence-electron chi connectivity index (χ0n) is 15.6. The van der Waals surface area contributed by atoms with Crippen LogP contribution in [0.3, 0.4) is 0 Å². The average molecular weight is 436 g/mol. The van der Waals surface area contributed by atoms with Gasteiger partial charge in [0.15, 0.2) is 0 Å². The van der Waals surface area contributed by atoms with Crippen LogP contribution < -0.4 is 0 Å². The number of carbonyl (C=O) groups excluding carboxylic acids is 1. The van der Waals surface area contributed by atoms with Gasteiger partial charge in [-0.25, -0.2) is 8.42 Å². The number of hydrogen-bond acceptors (Lipinski definition) is 6. The van der Waals surface area contributed by atoms with Crippen LogP contribution in [0.15, 0.2) is 59.5 Å². The highest BCUT2D eigenvalue weighted by Gasteiger charge is 2.30. The standard InChI is InChI=1S/C19H21N3O5S2/c23-19(15-28-14-16-5-2-1-3-6-16)20-9-11-21(12-10-20)29(26,27)18-8-4-7-17(13-18)22(24)25/h1-8,13H,9-12,14-15H2. The summed E-state index contributed by atoms with van der Waals surface area (Å²) in [5.74, 6) is 1.07. The molecule has 1 heterocycles. The third-order valence-electron chi connectivity index (χ3n) is 4.59. The molecule has 154 valence electrons. The van der Waals surface area contributed by atoms with Crippen molar-refractivity contribution in [3.8, 4) is 0 Å². The number of nitrogens with zero attached hydrogens (tertiary/aromatic N) is 3. The number of carbonyl (C=O) groups is 1. The maximum absolute atomic E-state index is 12.8. The van der Waals surface area contributed by atoms with Crippen molar-refractivity contribution < 1.29 is 18.1 Å². The molecule has 0 spiro atoms. The lowest BCUT2D eigenvalue weighted by atomic mass is 10.2. The quantitative estimate of drug-likeness (QED) is 0.489. The first-order valence-electron chi connectivity index (χ1n) is 9.02. The first kappa shape index (κ1) is 21.3. The molecular weight excluding hydrogens is 414 g/mol. The monoisotopic (exact) mass is 435 g/mol. The summed E-state index contributed by atoms with van der Waals surface area (Å²) in [6.45, 7) is 0.942. The third-order valence-corrected chi connectivity index (χ3v) is 7.48. The summed E-state index contributed by atoms with van der Waals surface area (Å²) in [5.41, 5.74) is 0.883. The van der Waals surface area contributed by atoms with Crippen molar-refractivity contribution in [2.75, 3.05) is 31.9 Å². The van der Waals surface area contributed by atoms with E-state index < -0.39 is 14.9 Å². The van der Waals surface area contributed by atoms with E-state index in [-0.39, 0.29) is 29.6 Å². The molecule has 1 saturated heterocycles. The number of nitro groups is 1. The zero-order valence-corrected chi connectivity index (χ0v) is 17.3. The van der Waals surface area contributed by atoms with Crippen molar-refractivity contribution in [3.05, 3.63) is 70.3 Å². The minimum atomic E-state index is -3.83. The summed E-state index contributed by atoms with van der Waals surface area (Å²) in [6.07, 6.45) is 0. The normalized spacial score (nSPS) is 15.2. The fourth-order valence-electron chi connectivity index (χ4n) is 3.01. The number of nitro benzene ring substituents is 1. The highest BCUT2D eigenvalue weighted by atomic mass is 32.2. The van der Waals surface area contributed by atoms with Crippen LogP contribution in [-0.2, 0) is 20.6 Å². The van der Waals surface area contributed by atoms with E-state index in [1.54, 1.807) is 4.90 Å². The summed E-state index contributed by atoms with van der Waals surface area (Å²) in [7, 11) is -3.83. The second kappa shape index (κ2) is 9.38. The van der Waals surface area contributed by atoms with E-state index in [0.29, 0.717) is 18.8 Å². The molecule has 8 nitrogen and oxygen atoms in total. The van der Waals surface area contributed by atoms with E-state index in [2.05, 4.69) is 0 Å². The van der Waals surface area contributed by atoms with Crippen LogP contribution in [0.5, 0.6) is 0 Å². The molecule has 29 heavy (non-hydrogen) atoms. The molecular formula is C19H21N3O5S2. The fraction of sp³-hybridized carbons (Fsp3) is 0.316. The van der Waals surface area contributed by atoms with Gasteiger partial charge in [0, 0.05) is 44.1 Å². The molecule has 0 aliphatic carbocycles. The number of hydrogen-bond donors (Lipinski definition) is 0. The Bertz CT molecular complexity index is 974. The van der Waals surface area contributed by atoms with E-state index in [0.717, 1.165) is 17.4 Å². The maximum atomic E-state index is 12.8. The van der Waals surface area contributed by atoms with Crippen LogP contribution in [0.1, 0.15) is 5.56 Å². The van der Waals surface area contributed by atoms with Gasteiger partial charge in [-0.2, -0.15) is 4.31 Å². The SMILES string of the molecule is O=C(CSCc1ccccc1)N1CCN(S(=O)(=O)c2cccc([N+](=O)[O-])c2)CC1. The molecule has 0 radical (unpaired) electrons. The first-order chi connectivity index (χ1) is 13.9. The lowest BCUT2D eigenvalue weighted by Crippen LogP contribution is -2.50. The molecule has 10 heteroatoms. The predicted octanol–water partition coefficient (Wildman–Crippen LogP) is 2.36. The van der Waals surface area contributed by atoms with Gasteiger partial charge in [-0.1, -0.05) is 36.4 Å². The van der Waals surface area contributed by atoms with E-state index in [1.807, 2.05) is 30.3 Å². The molecule has 3 rings (SSSR count). The van der Waals surface area contributed by atoms with Gasteiger partial charge in [-0.05, 0) is 11.6 Å². The summed E-state index contributed by atoms with van der Waals surface area (Å²) in [6, 6.07) is 14.9. The molecule has 1 aliphatic heterocycles. The van der Waals surface area contributed by atoms with Crippen LogP contribution in [0.4, 0.5) is 5.69 Å². The number of thioether (sulfide) groups is 1. The van der Waals surface area contributed by atoms with Gasteiger partial charge < -0.3 is 4.90 Å². The summed E-state index contributed by atoms with van der Waals surface area (Å²) >= 11 is 1.53. The Morgan fingerprint density at radius 3 is 2.38 bits per heavy atom. The Kier molecular flexibility index (Phi) is 6.88. The van der Waals surface area contributed by atoms with Gasteiger partial charge in [0.1, 0.15) is 0 Å². The largest absolute Gasteiger partial charge is 0.339 e. The number of benzene rings is 2. The molecule has 2 aromatic carbocycles. The van der Waals surface area contributed by atoms with Gasteiger partial charge in [0.05, 0.1) is 15.6 Å². The molecule has 2 aromatic rings. The highest BCUT2D eigenvalue weighted by molar-refractivity contribution is 7.99. The molecule has 0 unspecified atom stereocenters. The van der Waals surface area contributed by atoms with E-state index in [1.165, 1.54) is 34.3 Å². The van der Waals surface area contributed by atoms with Gasteiger partial charge in [-0.15, -0.1) is 11.8 Å². The second-order valence-corrected chi connectivity index (χ2v) is 9.44. The number of piperazine rings is 1. The number of amides is 1. The predicted molar refractivity (Wildman–Crippen MR) is 111 cm³/mol. The van der Waals surface area contributed by atoms with Crippen molar-refractivity contribution in [1.29, 1.82) is 0 Å². The Balaban J connectivity index is 1.53. The summed E-state index contributed by atoms with van der Waals surface area (Å²) in [4.78, 5) is 24.2. The lowest BCUT2D eigenvalue weighted by Gasteiger charge is -2.34. The summed E-state index contributed by atoms with van der Waals surface area (Å²) in [5, 5.41) is 10.9. The number of non-ortho nitro benzene ring substituents is 1. The molecule has 0 saturated carbocycles. The van der Waals surface area contributed by atoms with Crippen LogP contribution in [0.25, 0.3) is 0 Å². The van der Waals surface area contributed by atoms with Crippen LogP contribution >= 0.6 is 11.8 Å². The van der Waals surface area contributed by atoms with E-state index >= 15 is 0 Å². The average Bonchev–Trinajstić information content (AvgIpc) is 2.74. The van der Waals surface area contributed by atoms with Crippen LogP contribution in [0.2, 0.25) is 0 Å². The molecule has 1 amide bonds. The third kappa shape index (κ3) is 5.34. The van der Waals surface area contributed by atoms with E-state index in [9.17, 15) is 23.3 Å². The Hall–Kier alpha value is -2.43. The van der Waals surface area contributed by atoms with Gasteiger partial charge in [0.25, 0.3) is 5.69 Å². The first-order valence-corrected chi connectivity index (χ1v) is 11.6. The number of rotatable bonds is 7. The van der Waals surface area contributed by atoms with Crippen molar-refractivity contribution >= 4 is 33.4 Å².